The quantitative estimate of drug-likeness (QED) is 0.655. The lowest BCUT2D eigenvalue weighted by molar-refractivity contribution is 0.310. The molecule has 4 nitrogen and oxygen atoms in total. The van der Waals surface area contributed by atoms with E-state index in [-0.39, 0.29) is 6.04 Å². The molecule has 1 atom stereocenters. The average molecular weight is 356 g/mol. The second kappa shape index (κ2) is 7.72. The molecule has 1 heterocycles. The van der Waals surface area contributed by atoms with Gasteiger partial charge in [0.15, 0.2) is 0 Å². The molecule has 0 aliphatic heterocycles. The summed E-state index contributed by atoms with van der Waals surface area (Å²) in [6.07, 6.45) is 0. The predicted octanol–water partition coefficient (Wildman–Crippen LogP) is 4.61. The van der Waals surface area contributed by atoms with Crippen molar-refractivity contribution in [2.45, 2.75) is 6.04 Å². The van der Waals surface area contributed by atoms with Gasteiger partial charge in [0, 0.05) is 11.9 Å². The van der Waals surface area contributed by atoms with Gasteiger partial charge in [0.05, 0.1) is 13.2 Å². The highest BCUT2D eigenvalue weighted by atomic mass is 35.5. The molecule has 0 bridgehead atoms. The van der Waals surface area contributed by atoms with Crippen molar-refractivity contribution in [3.63, 3.8) is 0 Å². The number of aromatic nitrogens is 1. The Bertz CT molecular complexity index is 866. The SMILES string of the molecule is COc1cccc(C(CNc2cc3ccccc3c(Cl)n2)N(C)C)c1. The van der Waals surface area contributed by atoms with Crippen LogP contribution in [0.4, 0.5) is 5.82 Å². The summed E-state index contributed by atoms with van der Waals surface area (Å²) < 4.78 is 5.34. The Balaban J connectivity index is 1.82. The smallest absolute Gasteiger partial charge is 0.139 e. The van der Waals surface area contributed by atoms with Gasteiger partial charge in [0.1, 0.15) is 16.7 Å². The van der Waals surface area contributed by atoms with Crippen molar-refractivity contribution >= 4 is 28.2 Å². The summed E-state index contributed by atoms with van der Waals surface area (Å²) in [7, 11) is 5.81. The zero-order chi connectivity index (χ0) is 17.8. The van der Waals surface area contributed by atoms with Crippen LogP contribution in [0, 0.1) is 0 Å². The van der Waals surface area contributed by atoms with Gasteiger partial charge in [0.25, 0.3) is 0 Å². The molecule has 130 valence electrons. The Morgan fingerprint density at radius 1 is 1.12 bits per heavy atom. The van der Waals surface area contributed by atoms with Gasteiger partial charge in [-0.25, -0.2) is 4.98 Å². The van der Waals surface area contributed by atoms with Gasteiger partial charge >= 0.3 is 0 Å². The molecule has 0 saturated carbocycles. The predicted molar refractivity (Wildman–Crippen MR) is 105 cm³/mol. The maximum Gasteiger partial charge on any atom is 0.139 e. The molecule has 0 aliphatic carbocycles. The number of nitrogens with one attached hydrogen (secondary N) is 1. The minimum atomic E-state index is 0.183. The molecule has 5 heteroatoms. The van der Waals surface area contributed by atoms with Crippen molar-refractivity contribution in [2.24, 2.45) is 0 Å². The number of fused-ring (bicyclic) bond motifs is 1. The molecule has 0 fully saturated rings. The van der Waals surface area contributed by atoms with Crippen LogP contribution in [0.25, 0.3) is 10.8 Å². The second-order valence-electron chi connectivity index (χ2n) is 6.16. The Kier molecular flexibility index (Phi) is 5.41. The standard InChI is InChI=1S/C20H22ClN3O/c1-24(2)18(15-8-6-9-16(11-15)25-3)13-22-19-12-14-7-4-5-10-17(14)20(21)23-19/h4-12,18H,13H2,1-3H3,(H,22,23). The third-order valence-corrected chi connectivity index (χ3v) is 4.56. The van der Waals surface area contributed by atoms with Gasteiger partial charge in [-0.3, -0.25) is 0 Å². The van der Waals surface area contributed by atoms with Crippen molar-refractivity contribution in [3.8, 4) is 5.75 Å². The number of hydrogen-bond donors (Lipinski definition) is 1. The third-order valence-electron chi connectivity index (χ3n) is 4.27. The fraction of sp³-hybridized carbons (Fsp3) is 0.250. The number of rotatable bonds is 6. The second-order valence-corrected chi connectivity index (χ2v) is 6.51. The van der Waals surface area contributed by atoms with E-state index < -0.39 is 0 Å². The first-order valence-corrected chi connectivity index (χ1v) is 8.56. The molecule has 0 aliphatic rings. The van der Waals surface area contributed by atoms with E-state index >= 15 is 0 Å². The number of methoxy groups -OCH3 is 1. The van der Waals surface area contributed by atoms with Crippen molar-refractivity contribution in [1.82, 2.24) is 9.88 Å². The van der Waals surface area contributed by atoms with Crippen LogP contribution in [0.2, 0.25) is 5.15 Å². The largest absolute Gasteiger partial charge is 0.497 e. The van der Waals surface area contributed by atoms with E-state index in [2.05, 4.69) is 41.4 Å². The molecule has 2 aromatic carbocycles. The number of hydrogen-bond acceptors (Lipinski definition) is 4. The van der Waals surface area contributed by atoms with Crippen LogP contribution in [0.15, 0.2) is 54.6 Å². The summed E-state index contributed by atoms with van der Waals surface area (Å²) in [6.45, 7) is 0.710. The maximum absolute atomic E-state index is 6.32. The Morgan fingerprint density at radius 2 is 1.92 bits per heavy atom. The van der Waals surface area contributed by atoms with E-state index in [1.54, 1.807) is 7.11 Å². The van der Waals surface area contributed by atoms with Gasteiger partial charge in [-0.2, -0.15) is 0 Å². The number of halogens is 1. The maximum atomic E-state index is 6.32. The number of likely N-dealkylation sites (N-methyl/N-ethyl adjacent to an activating group) is 1. The van der Waals surface area contributed by atoms with Crippen LogP contribution in [-0.2, 0) is 0 Å². The van der Waals surface area contributed by atoms with Crippen LogP contribution in [-0.4, -0.2) is 37.6 Å². The molecule has 0 saturated heterocycles. The van der Waals surface area contributed by atoms with Gasteiger partial charge in [0.2, 0.25) is 0 Å². The number of benzene rings is 2. The molecule has 3 rings (SSSR count). The summed E-state index contributed by atoms with van der Waals surface area (Å²) in [5.74, 6) is 1.63. The Labute approximate surface area is 153 Å². The first kappa shape index (κ1) is 17.5. The molecule has 1 N–H and O–H groups in total. The first-order valence-electron chi connectivity index (χ1n) is 8.18. The molecular weight excluding hydrogens is 334 g/mol. The molecule has 1 unspecified atom stereocenters. The van der Waals surface area contributed by atoms with E-state index in [0.29, 0.717) is 11.7 Å². The Hall–Kier alpha value is -2.30. The molecule has 0 amide bonds. The molecule has 25 heavy (non-hydrogen) atoms. The zero-order valence-corrected chi connectivity index (χ0v) is 15.4. The van der Waals surface area contributed by atoms with Gasteiger partial charge in [-0.15, -0.1) is 0 Å². The van der Waals surface area contributed by atoms with Crippen molar-refractivity contribution in [3.05, 3.63) is 65.3 Å². The van der Waals surface area contributed by atoms with E-state index in [1.165, 1.54) is 5.56 Å². The van der Waals surface area contributed by atoms with E-state index in [1.807, 2.05) is 42.5 Å². The van der Waals surface area contributed by atoms with Crippen molar-refractivity contribution in [2.75, 3.05) is 33.1 Å². The van der Waals surface area contributed by atoms with E-state index in [0.717, 1.165) is 22.3 Å². The first-order chi connectivity index (χ1) is 12.1. The molecule has 1 aromatic heterocycles. The zero-order valence-electron chi connectivity index (χ0n) is 14.7. The van der Waals surface area contributed by atoms with Crippen LogP contribution < -0.4 is 10.1 Å². The highest BCUT2D eigenvalue weighted by molar-refractivity contribution is 6.34. The number of nitrogens with zero attached hydrogens (tertiary/aromatic N) is 2. The van der Waals surface area contributed by atoms with Crippen LogP contribution >= 0.6 is 11.6 Å². The van der Waals surface area contributed by atoms with Gasteiger partial charge < -0.3 is 15.0 Å². The molecular formula is C20H22ClN3O. The minimum absolute atomic E-state index is 0.183. The van der Waals surface area contributed by atoms with Gasteiger partial charge in [-0.05, 0) is 43.2 Å². The van der Waals surface area contributed by atoms with Crippen LogP contribution in [0.5, 0.6) is 5.75 Å². The van der Waals surface area contributed by atoms with Crippen LogP contribution in [0.3, 0.4) is 0 Å². The highest BCUT2D eigenvalue weighted by Crippen LogP contribution is 2.26. The average Bonchev–Trinajstić information content (AvgIpc) is 2.62. The summed E-state index contributed by atoms with van der Waals surface area (Å²) in [5, 5.41) is 5.98. The van der Waals surface area contributed by atoms with Gasteiger partial charge in [-0.1, -0.05) is 48.0 Å². The van der Waals surface area contributed by atoms with E-state index in [9.17, 15) is 0 Å². The lowest BCUT2D eigenvalue weighted by Gasteiger charge is -2.25. The Morgan fingerprint density at radius 3 is 2.68 bits per heavy atom. The third kappa shape index (κ3) is 4.03. The summed E-state index contributed by atoms with van der Waals surface area (Å²) in [6, 6.07) is 18.3. The topological polar surface area (TPSA) is 37.4 Å². The highest BCUT2D eigenvalue weighted by Gasteiger charge is 2.15. The summed E-state index contributed by atoms with van der Waals surface area (Å²) >= 11 is 6.32. The van der Waals surface area contributed by atoms with Crippen molar-refractivity contribution < 1.29 is 4.74 Å². The number of ether oxygens (including phenoxy) is 1. The lowest BCUT2D eigenvalue weighted by atomic mass is 10.1. The molecule has 0 radical (unpaired) electrons. The summed E-state index contributed by atoms with van der Waals surface area (Å²) in [5.41, 5.74) is 1.18. The minimum Gasteiger partial charge on any atom is -0.497 e. The normalized spacial score (nSPS) is 12.4. The van der Waals surface area contributed by atoms with Crippen LogP contribution in [0.1, 0.15) is 11.6 Å². The van der Waals surface area contributed by atoms with Crippen molar-refractivity contribution in [1.29, 1.82) is 0 Å². The lowest BCUT2D eigenvalue weighted by Crippen LogP contribution is -2.27. The fourth-order valence-corrected chi connectivity index (χ4v) is 3.16. The van der Waals surface area contributed by atoms with E-state index in [4.69, 9.17) is 16.3 Å². The molecule has 3 aromatic rings. The summed E-state index contributed by atoms with van der Waals surface area (Å²) in [4.78, 5) is 6.64. The fourth-order valence-electron chi connectivity index (χ4n) is 2.90. The number of anilines is 1. The molecule has 0 spiro atoms. The monoisotopic (exact) mass is 355 g/mol. The number of pyridine rings is 1.